The second kappa shape index (κ2) is 5.09. The van der Waals surface area contributed by atoms with Crippen LogP contribution in [0.5, 0.6) is 0 Å². The fourth-order valence-electron chi connectivity index (χ4n) is 1.92. The van der Waals surface area contributed by atoms with Crippen molar-refractivity contribution < 1.29 is 9.21 Å². The molecule has 3 rings (SSSR count). The van der Waals surface area contributed by atoms with Crippen LogP contribution in [0, 0.1) is 6.92 Å². The number of carbonyl (C=O) groups excluding carboxylic acids is 1. The summed E-state index contributed by atoms with van der Waals surface area (Å²) in [5.41, 5.74) is 1.82. The highest BCUT2D eigenvalue weighted by molar-refractivity contribution is 9.10. The number of carbonyl (C=O) groups is 1. The summed E-state index contributed by atoms with van der Waals surface area (Å²) in [4.78, 5) is 16.2. The van der Waals surface area contributed by atoms with E-state index in [9.17, 15) is 4.79 Å². The van der Waals surface area contributed by atoms with Gasteiger partial charge in [0.1, 0.15) is 11.4 Å². The molecule has 100 valence electrons. The van der Waals surface area contributed by atoms with Gasteiger partial charge in [0.25, 0.3) is 5.91 Å². The highest BCUT2D eigenvalue weighted by atomic mass is 79.9. The van der Waals surface area contributed by atoms with Crippen LogP contribution in [0.15, 0.2) is 51.5 Å². The van der Waals surface area contributed by atoms with Gasteiger partial charge in [-0.15, -0.1) is 0 Å². The Morgan fingerprint density at radius 1 is 1.30 bits per heavy atom. The predicted molar refractivity (Wildman–Crippen MR) is 80.8 cm³/mol. The number of anilines is 1. The van der Waals surface area contributed by atoms with Crippen LogP contribution in [-0.4, -0.2) is 10.9 Å². The summed E-state index contributed by atoms with van der Waals surface area (Å²) in [5.74, 6) is 0.413. The lowest BCUT2D eigenvalue weighted by molar-refractivity contribution is 0.0998. The molecule has 0 spiro atoms. The lowest BCUT2D eigenvalue weighted by atomic mass is 10.2. The van der Waals surface area contributed by atoms with Crippen molar-refractivity contribution in [2.45, 2.75) is 6.92 Å². The summed E-state index contributed by atoms with van der Waals surface area (Å²) in [5, 5.41) is 3.62. The molecule has 0 atom stereocenters. The zero-order chi connectivity index (χ0) is 14.1. The van der Waals surface area contributed by atoms with Gasteiger partial charge in [0.05, 0.1) is 4.47 Å². The number of pyridine rings is 1. The Balaban J connectivity index is 1.91. The molecule has 20 heavy (non-hydrogen) atoms. The lowest BCUT2D eigenvalue weighted by Gasteiger charge is -2.03. The number of rotatable bonds is 2. The Morgan fingerprint density at radius 2 is 2.15 bits per heavy atom. The van der Waals surface area contributed by atoms with Crippen molar-refractivity contribution in [3.63, 3.8) is 0 Å². The fourth-order valence-corrected chi connectivity index (χ4v) is 2.28. The van der Waals surface area contributed by atoms with Gasteiger partial charge in [-0.25, -0.2) is 4.98 Å². The average molecular weight is 331 g/mol. The molecule has 0 saturated heterocycles. The monoisotopic (exact) mass is 330 g/mol. The van der Waals surface area contributed by atoms with E-state index in [-0.39, 0.29) is 11.7 Å². The number of furan rings is 1. The van der Waals surface area contributed by atoms with Crippen LogP contribution in [0.4, 0.5) is 5.82 Å². The predicted octanol–water partition coefficient (Wildman–Crippen LogP) is 4.15. The van der Waals surface area contributed by atoms with E-state index in [0.717, 1.165) is 15.4 Å². The Labute approximate surface area is 123 Å². The molecule has 1 amide bonds. The first-order chi connectivity index (χ1) is 9.63. The minimum absolute atomic E-state index is 0.267. The number of amides is 1. The van der Waals surface area contributed by atoms with Crippen molar-refractivity contribution in [3.8, 4) is 0 Å². The zero-order valence-corrected chi connectivity index (χ0v) is 12.3. The summed E-state index contributed by atoms with van der Waals surface area (Å²) in [6, 6.07) is 11.1. The first-order valence-electron chi connectivity index (χ1n) is 6.05. The minimum atomic E-state index is -0.321. The molecule has 3 aromatic rings. The van der Waals surface area contributed by atoms with Crippen molar-refractivity contribution in [1.29, 1.82) is 0 Å². The third kappa shape index (κ3) is 2.44. The van der Waals surface area contributed by atoms with Crippen LogP contribution in [-0.2, 0) is 0 Å². The molecule has 1 N–H and O–H groups in total. The van der Waals surface area contributed by atoms with Gasteiger partial charge in [0.2, 0.25) is 0 Å². The van der Waals surface area contributed by atoms with Crippen LogP contribution in [0.25, 0.3) is 11.0 Å². The van der Waals surface area contributed by atoms with Gasteiger partial charge in [-0.3, -0.25) is 4.79 Å². The van der Waals surface area contributed by atoms with E-state index < -0.39 is 0 Å². The molecule has 1 aromatic carbocycles. The standard InChI is InChI=1S/C15H11BrN2O2/c1-9-4-5-12-10(7-9)8-13(20-12)15(19)18-14-11(16)3-2-6-17-14/h2-8H,1H3,(H,17,18,19). The highest BCUT2D eigenvalue weighted by Crippen LogP contribution is 2.23. The number of hydrogen-bond donors (Lipinski definition) is 1. The summed E-state index contributed by atoms with van der Waals surface area (Å²) in [6.45, 7) is 2.00. The largest absolute Gasteiger partial charge is 0.451 e. The number of nitrogens with zero attached hydrogens (tertiary/aromatic N) is 1. The van der Waals surface area contributed by atoms with Gasteiger partial charge in [0, 0.05) is 11.6 Å². The summed E-state index contributed by atoms with van der Waals surface area (Å²) >= 11 is 3.33. The van der Waals surface area contributed by atoms with Gasteiger partial charge >= 0.3 is 0 Å². The van der Waals surface area contributed by atoms with Gasteiger partial charge in [-0.05, 0) is 53.2 Å². The van der Waals surface area contributed by atoms with Crippen LogP contribution >= 0.6 is 15.9 Å². The van der Waals surface area contributed by atoms with E-state index in [0.29, 0.717) is 11.4 Å². The normalized spacial score (nSPS) is 10.7. The topological polar surface area (TPSA) is 55.1 Å². The molecule has 0 saturated carbocycles. The van der Waals surface area contributed by atoms with Crippen LogP contribution < -0.4 is 5.32 Å². The molecule has 0 unspecified atom stereocenters. The fraction of sp³-hybridized carbons (Fsp3) is 0.0667. The number of nitrogens with one attached hydrogen (secondary N) is 1. The van der Waals surface area contributed by atoms with E-state index in [1.165, 1.54) is 0 Å². The maximum absolute atomic E-state index is 12.2. The summed E-state index contributed by atoms with van der Waals surface area (Å²) < 4.78 is 6.26. The van der Waals surface area contributed by atoms with E-state index in [1.54, 1.807) is 18.3 Å². The van der Waals surface area contributed by atoms with Gasteiger partial charge in [-0.1, -0.05) is 11.6 Å². The van der Waals surface area contributed by atoms with E-state index in [4.69, 9.17) is 4.42 Å². The smallest absolute Gasteiger partial charge is 0.292 e. The second-order valence-electron chi connectivity index (χ2n) is 4.44. The van der Waals surface area contributed by atoms with E-state index in [2.05, 4.69) is 26.2 Å². The molecule has 0 aliphatic carbocycles. The third-order valence-corrected chi connectivity index (χ3v) is 3.53. The van der Waals surface area contributed by atoms with Crippen molar-refractivity contribution in [1.82, 2.24) is 4.98 Å². The van der Waals surface area contributed by atoms with Crippen molar-refractivity contribution >= 4 is 38.6 Å². The molecule has 0 radical (unpaired) electrons. The number of halogens is 1. The zero-order valence-electron chi connectivity index (χ0n) is 10.7. The number of aryl methyl sites for hydroxylation is 1. The lowest BCUT2D eigenvalue weighted by Crippen LogP contribution is -2.12. The van der Waals surface area contributed by atoms with Crippen molar-refractivity contribution in [2.24, 2.45) is 0 Å². The molecule has 0 fully saturated rings. The van der Waals surface area contributed by atoms with Gasteiger partial charge in [-0.2, -0.15) is 0 Å². The van der Waals surface area contributed by atoms with Crippen molar-refractivity contribution in [2.75, 3.05) is 5.32 Å². The maximum Gasteiger partial charge on any atom is 0.292 e. The Kier molecular flexibility index (Phi) is 3.28. The number of fused-ring (bicyclic) bond motifs is 1. The molecule has 0 aliphatic rings. The van der Waals surface area contributed by atoms with Crippen LogP contribution in [0.3, 0.4) is 0 Å². The molecule has 5 heteroatoms. The van der Waals surface area contributed by atoms with Gasteiger partial charge in [0.15, 0.2) is 5.76 Å². The second-order valence-corrected chi connectivity index (χ2v) is 5.29. The number of aromatic nitrogens is 1. The third-order valence-electron chi connectivity index (χ3n) is 2.89. The average Bonchev–Trinajstić information content (AvgIpc) is 2.84. The maximum atomic E-state index is 12.2. The quantitative estimate of drug-likeness (QED) is 0.767. The Bertz CT molecular complexity index is 795. The number of hydrogen-bond acceptors (Lipinski definition) is 3. The van der Waals surface area contributed by atoms with Gasteiger partial charge < -0.3 is 9.73 Å². The SMILES string of the molecule is Cc1ccc2oc(C(=O)Nc3ncccc3Br)cc2c1. The van der Waals surface area contributed by atoms with Crippen molar-refractivity contribution in [3.05, 3.63) is 58.4 Å². The molecular formula is C15H11BrN2O2. The van der Waals surface area contributed by atoms with E-state index >= 15 is 0 Å². The first kappa shape index (κ1) is 12.9. The Morgan fingerprint density at radius 3 is 2.95 bits per heavy atom. The Hall–Kier alpha value is -2.14. The molecular weight excluding hydrogens is 320 g/mol. The summed E-state index contributed by atoms with van der Waals surface area (Å²) in [7, 11) is 0. The molecule has 0 bridgehead atoms. The minimum Gasteiger partial charge on any atom is -0.451 e. The number of benzene rings is 1. The van der Waals surface area contributed by atoms with Crippen LogP contribution in [0.2, 0.25) is 0 Å². The molecule has 2 heterocycles. The van der Waals surface area contributed by atoms with E-state index in [1.807, 2.05) is 31.2 Å². The summed E-state index contributed by atoms with van der Waals surface area (Å²) in [6.07, 6.45) is 1.61. The molecule has 0 aliphatic heterocycles. The molecule has 2 aromatic heterocycles. The molecule has 4 nitrogen and oxygen atoms in total. The van der Waals surface area contributed by atoms with Crippen LogP contribution in [0.1, 0.15) is 16.1 Å². The highest BCUT2D eigenvalue weighted by Gasteiger charge is 2.14. The first-order valence-corrected chi connectivity index (χ1v) is 6.85.